The Labute approximate surface area is 139 Å². The number of nitrogens with two attached hydrogens (primary N) is 1. The highest BCUT2D eigenvalue weighted by Crippen LogP contribution is 2.41. The lowest BCUT2D eigenvalue weighted by atomic mass is 9.98. The fraction of sp³-hybridized carbons (Fsp3) is 0.133. The minimum absolute atomic E-state index is 0.0135. The van der Waals surface area contributed by atoms with E-state index in [1.165, 1.54) is 19.2 Å². The third kappa shape index (κ3) is 3.13. The van der Waals surface area contributed by atoms with Crippen molar-refractivity contribution in [2.45, 2.75) is 0 Å². The quantitative estimate of drug-likeness (QED) is 0.383. The van der Waals surface area contributed by atoms with Crippen LogP contribution < -0.4 is 10.5 Å². The molecule has 2 aromatic carbocycles. The van der Waals surface area contributed by atoms with Crippen molar-refractivity contribution in [1.82, 2.24) is 0 Å². The molecule has 0 aliphatic rings. The summed E-state index contributed by atoms with van der Waals surface area (Å²) >= 11 is 5.98. The average molecular weight is 357 g/mol. The number of carbonyl (C=O) groups is 1. The molecule has 0 atom stereocenters. The molecule has 2 N–H and O–H groups in total. The maximum atomic E-state index is 14.6. The minimum atomic E-state index is -1.16. The number of carbonyl (C=O) groups excluding carboxylic acids is 1. The van der Waals surface area contributed by atoms with E-state index in [0.717, 1.165) is 12.1 Å². The number of benzene rings is 2. The highest BCUT2D eigenvalue weighted by molar-refractivity contribution is 6.34. The molecule has 0 amide bonds. The maximum Gasteiger partial charge on any atom is 0.265 e. The summed E-state index contributed by atoms with van der Waals surface area (Å²) in [5.41, 5.74) is 3.84. The first-order valence-corrected chi connectivity index (χ1v) is 6.91. The molecule has 0 aromatic heterocycles. The maximum absolute atomic E-state index is 14.6. The first-order chi connectivity index (χ1) is 11.3. The van der Waals surface area contributed by atoms with Crippen LogP contribution in [0.1, 0.15) is 10.4 Å². The van der Waals surface area contributed by atoms with Crippen LogP contribution in [0.5, 0.6) is 5.75 Å². The smallest absolute Gasteiger partial charge is 0.265 e. The first kappa shape index (κ1) is 17.6. The molecule has 0 heterocycles. The van der Waals surface area contributed by atoms with Crippen LogP contribution in [-0.2, 0) is 0 Å². The van der Waals surface area contributed by atoms with E-state index in [9.17, 15) is 23.7 Å². The number of ether oxygens (including phenoxy) is 1. The van der Waals surface area contributed by atoms with Gasteiger partial charge in [0.1, 0.15) is 11.6 Å². The first-order valence-electron chi connectivity index (χ1n) is 6.53. The van der Waals surface area contributed by atoms with Crippen molar-refractivity contribution in [3.05, 3.63) is 56.6 Å². The summed E-state index contributed by atoms with van der Waals surface area (Å²) in [5.74, 6) is -2.96. The Morgan fingerprint density at radius 2 is 2.04 bits per heavy atom. The second-order valence-electron chi connectivity index (χ2n) is 4.74. The van der Waals surface area contributed by atoms with Gasteiger partial charge in [0, 0.05) is 10.5 Å². The van der Waals surface area contributed by atoms with Crippen LogP contribution in [0.25, 0.3) is 11.1 Å². The lowest BCUT2D eigenvalue weighted by Gasteiger charge is -2.15. The normalized spacial score (nSPS) is 10.5. The highest BCUT2D eigenvalue weighted by atomic mass is 35.5. The van der Waals surface area contributed by atoms with Crippen LogP contribution >= 0.6 is 11.6 Å². The van der Waals surface area contributed by atoms with Gasteiger partial charge in [-0.05, 0) is 18.2 Å². The van der Waals surface area contributed by atoms with Crippen molar-refractivity contribution >= 4 is 23.1 Å². The van der Waals surface area contributed by atoms with Gasteiger partial charge in [-0.15, -0.1) is 0 Å². The zero-order valence-electron chi connectivity index (χ0n) is 12.3. The van der Waals surface area contributed by atoms with Gasteiger partial charge in [-0.25, -0.2) is 8.78 Å². The number of nitrogens with zero attached hydrogens (tertiary/aromatic N) is 1. The topological polar surface area (TPSA) is 95.5 Å². The predicted octanol–water partition coefficient (Wildman–Crippen LogP) is 3.34. The van der Waals surface area contributed by atoms with Crippen LogP contribution in [0.2, 0.25) is 5.02 Å². The van der Waals surface area contributed by atoms with Crippen LogP contribution in [0, 0.1) is 21.7 Å². The molecule has 0 unspecified atom stereocenters. The standard InChI is InChI=1S/C15H11ClF2N2O4/c1-24-11-4-2-3-9(17)13(11)12-8(16)5-7(15(19)14(12)18)10(21)6-20(22)23/h2-5H,6,19H2,1H3. The van der Waals surface area contributed by atoms with E-state index in [1.54, 1.807) is 0 Å². The Hall–Kier alpha value is -2.74. The van der Waals surface area contributed by atoms with E-state index < -0.39 is 40.1 Å². The van der Waals surface area contributed by atoms with E-state index in [0.29, 0.717) is 0 Å². The summed E-state index contributed by atoms with van der Waals surface area (Å²) in [7, 11) is 1.27. The van der Waals surface area contributed by atoms with Gasteiger partial charge in [0.15, 0.2) is 5.82 Å². The highest BCUT2D eigenvalue weighted by Gasteiger charge is 2.26. The number of anilines is 1. The number of Topliss-reactive ketones (excluding diaryl/α,β-unsaturated/α-hetero) is 1. The molecular formula is C15H11ClF2N2O4. The number of methoxy groups -OCH3 is 1. The largest absolute Gasteiger partial charge is 0.496 e. The SMILES string of the molecule is COc1cccc(F)c1-c1c(Cl)cc(C(=O)C[N+](=O)[O-])c(N)c1F. The van der Waals surface area contributed by atoms with Gasteiger partial charge in [0.2, 0.25) is 5.78 Å². The van der Waals surface area contributed by atoms with Gasteiger partial charge in [0.05, 0.1) is 28.9 Å². The second kappa shape index (κ2) is 6.79. The lowest BCUT2D eigenvalue weighted by molar-refractivity contribution is -0.465. The van der Waals surface area contributed by atoms with Gasteiger partial charge >= 0.3 is 0 Å². The number of hydrogen-bond acceptors (Lipinski definition) is 5. The van der Waals surface area contributed by atoms with Gasteiger partial charge in [0.25, 0.3) is 6.54 Å². The monoisotopic (exact) mass is 356 g/mol. The lowest BCUT2D eigenvalue weighted by Crippen LogP contribution is -2.16. The number of nitrogen functional groups attached to an aromatic ring is 1. The van der Waals surface area contributed by atoms with E-state index in [2.05, 4.69) is 0 Å². The summed E-state index contributed by atoms with van der Waals surface area (Å²) in [6.07, 6.45) is 0. The number of nitro groups is 1. The third-order valence-corrected chi connectivity index (χ3v) is 3.57. The summed E-state index contributed by atoms with van der Waals surface area (Å²) in [5, 5.41) is 10.1. The minimum Gasteiger partial charge on any atom is -0.496 e. The van der Waals surface area contributed by atoms with Gasteiger partial charge < -0.3 is 10.5 Å². The molecule has 0 aliphatic carbocycles. The number of hydrogen-bond donors (Lipinski definition) is 1. The van der Waals surface area contributed by atoms with Crippen LogP contribution in [0.4, 0.5) is 14.5 Å². The Balaban J connectivity index is 2.70. The number of halogens is 3. The van der Waals surface area contributed by atoms with E-state index in [1.807, 2.05) is 0 Å². The molecular weight excluding hydrogens is 346 g/mol. The zero-order valence-corrected chi connectivity index (χ0v) is 13.1. The van der Waals surface area contributed by atoms with E-state index in [-0.39, 0.29) is 21.9 Å². The number of rotatable bonds is 5. The zero-order chi connectivity index (χ0) is 18.0. The molecule has 2 aromatic rings. The van der Waals surface area contributed by atoms with Crippen molar-refractivity contribution in [1.29, 1.82) is 0 Å². The predicted molar refractivity (Wildman–Crippen MR) is 84.0 cm³/mol. The summed E-state index contributed by atoms with van der Waals surface area (Å²) in [6, 6.07) is 4.82. The van der Waals surface area contributed by atoms with Crippen LogP contribution in [-0.4, -0.2) is 24.4 Å². The van der Waals surface area contributed by atoms with E-state index >= 15 is 0 Å². The van der Waals surface area contributed by atoms with Crippen molar-refractivity contribution in [3.63, 3.8) is 0 Å². The Morgan fingerprint density at radius 3 is 2.62 bits per heavy atom. The fourth-order valence-corrected chi connectivity index (χ4v) is 2.50. The van der Waals surface area contributed by atoms with Crippen LogP contribution in [0.15, 0.2) is 24.3 Å². The Morgan fingerprint density at radius 1 is 1.38 bits per heavy atom. The molecule has 2 rings (SSSR count). The molecule has 0 saturated heterocycles. The third-order valence-electron chi connectivity index (χ3n) is 3.27. The Bertz CT molecular complexity index is 843. The van der Waals surface area contributed by atoms with Crippen LogP contribution in [0.3, 0.4) is 0 Å². The molecule has 126 valence electrons. The van der Waals surface area contributed by atoms with Crippen molar-refractivity contribution < 1.29 is 23.2 Å². The average Bonchev–Trinajstić information content (AvgIpc) is 2.51. The second-order valence-corrected chi connectivity index (χ2v) is 5.15. The fourth-order valence-electron chi connectivity index (χ4n) is 2.21. The molecule has 0 radical (unpaired) electrons. The van der Waals surface area contributed by atoms with Gasteiger partial charge in [-0.1, -0.05) is 17.7 Å². The van der Waals surface area contributed by atoms with Gasteiger partial charge in [-0.3, -0.25) is 14.9 Å². The Kier molecular flexibility index (Phi) is 4.99. The molecule has 0 bridgehead atoms. The summed E-state index contributed by atoms with van der Waals surface area (Å²) in [4.78, 5) is 21.3. The number of ketones is 1. The van der Waals surface area contributed by atoms with Crippen molar-refractivity contribution in [3.8, 4) is 16.9 Å². The molecule has 24 heavy (non-hydrogen) atoms. The molecule has 6 nitrogen and oxygen atoms in total. The molecule has 0 aliphatic heterocycles. The summed E-state index contributed by atoms with van der Waals surface area (Å²) < 4.78 is 33.8. The summed E-state index contributed by atoms with van der Waals surface area (Å²) in [6.45, 7) is -1.07. The van der Waals surface area contributed by atoms with Crippen molar-refractivity contribution in [2.24, 2.45) is 0 Å². The van der Waals surface area contributed by atoms with Gasteiger partial charge in [-0.2, -0.15) is 0 Å². The molecule has 0 fully saturated rings. The molecule has 9 heteroatoms. The molecule has 0 saturated carbocycles. The van der Waals surface area contributed by atoms with Crippen molar-refractivity contribution in [2.75, 3.05) is 19.4 Å². The molecule has 0 spiro atoms. The van der Waals surface area contributed by atoms with E-state index in [4.69, 9.17) is 22.1 Å².